The van der Waals surface area contributed by atoms with Crippen LogP contribution in [0.5, 0.6) is 0 Å². The highest BCUT2D eigenvalue weighted by Crippen LogP contribution is 2.52. The van der Waals surface area contributed by atoms with E-state index in [-0.39, 0.29) is 17.6 Å². The van der Waals surface area contributed by atoms with Crippen molar-refractivity contribution in [3.8, 4) is 0 Å². The maximum absolute atomic E-state index is 12.3. The second-order valence-corrected chi connectivity index (χ2v) is 12.9. The van der Waals surface area contributed by atoms with Gasteiger partial charge in [0.05, 0.1) is 24.4 Å². The lowest BCUT2D eigenvalue weighted by Gasteiger charge is -2.59. The first-order chi connectivity index (χ1) is 18.0. The first-order valence-corrected chi connectivity index (χ1v) is 14.6. The molecule has 5 aliphatic rings. The highest BCUT2D eigenvalue weighted by molar-refractivity contribution is 5.66. The van der Waals surface area contributed by atoms with Crippen LogP contribution in [0.2, 0.25) is 0 Å². The predicted molar refractivity (Wildman–Crippen MR) is 144 cm³/mol. The Balaban J connectivity index is 0.000000181. The van der Waals surface area contributed by atoms with Crippen LogP contribution < -0.4 is 0 Å². The van der Waals surface area contributed by atoms with Gasteiger partial charge in [-0.2, -0.15) is 0 Å². The summed E-state index contributed by atoms with van der Waals surface area (Å²) in [5.41, 5.74) is 1.72. The van der Waals surface area contributed by atoms with Gasteiger partial charge in [-0.15, -0.1) is 0 Å². The number of allylic oxidation sites excluding steroid dienone is 1. The van der Waals surface area contributed by atoms with Gasteiger partial charge in [-0.3, -0.25) is 4.90 Å². The number of rotatable bonds is 8. The van der Waals surface area contributed by atoms with Crippen LogP contribution in [0.15, 0.2) is 11.6 Å². The molecule has 0 aromatic rings. The number of carbonyl (C=O) groups is 1. The molecule has 3 aliphatic heterocycles. The van der Waals surface area contributed by atoms with Crippen LogP contribution >= 0.6 is 0 Å². The predicted octanol–water partition coefficient (Wildman–Crippen LogP) is 4.96. The van der Waals surface area contributed by atoms with E-state index < -0.39 is 12.5 Å². The molecule has 1 spiro atoms. The molecular weight excluding hydrogens is 492 g/mol. The van der Waals surface area contributed by atoms with Crippen molar-refractivity contribution < 1.29 is 28.2 Å². The van der Waals surface area contributed by atoms with Gasteiger partial charge in [-0.25, -0.2) is 13.6 Å². The fourth-order valence-corrected chi connectivity index (χ4v) is 7.42. The van der Waals surface area contributed by atoms with Gasteiger partial charge < -0.3 is 24.4 Å². The minimum absolute atomic E-state index is 0.0764. The minimum Gasteiger partial charge on any atom is -0.465 e. The van der Waals surface area contributed by atoms with Crippen molar-refractivity contribution in [3.05, 3.63) is 11.6 Å². The van der Waals surface area contributed by atoms with Crippen molar-refractivity contribution in [1.82, 2.24) is 14.7 Å². The molecule has 0 radical (unpaired) electrons. The number of alkyl halides is 2. The Morgan fingerprint density at radius 2 is 1.74 bits per heavy atom. The summed E-state index contributed by atoms with van der Waals surface area (Å²) >= 11 is 0. The van der Waals surface area contributed by atoms with E-state index >= 15 is 0 Å². The zero-order chi connectivity index (χ0) is 27.5. The van der Waals surface area contributed by atoms with Crippen molar-refractivity contribution >= 4 is 6.09 Å². The molecule has 5 rings (SSSR count). The third-order valence-electron chi connectivity index (χ3n) is 9.60. The van der Waals surface area contributed by atoms with Crippen molar-refractivity contribution in [3.63, 3.8) is 0 Å². The molecule has 218 valence electrons. The number of hydrogen-bond donors (Lipinski definition) is 1. The topological polar surface area (TPSA) is 68.8 Å². The molecule has 0 aromatic heterocycles. The second kappa shape index (κ2) is 12.5. The molecule has 1 N–H and O–H groups in total. The van der Waals surface area contributed by atoms with Gasteiger partial charge in [-0.1, -0.05) is 24.5 Å². The highest BCUT2D eigenvalue weighted by atomic mass is 19.3. The quantitative estimate of drug-likeness (QED) is 0.346. The molecule has 9 heteroatoms. The molecular formula is C29H49F2N3O4. The van der Waals surface area contributed by atoms with Gasteiger partial charge in [0.15, 0.2) is 0 Å². The number of methoxy groups -OCH3 is 1. The number of piperazine rings is 1. The van der Waals surface area contributed by atoms with Crippen LogP contribution in [0.3, 0.4) is 0 Å². The van der Waals surface area contributed by atoms with Crippen molar-refractivity contribution in [2.75, 3.05) is 59.5 Å². The van der Waals surface area contributed by atoms with Crippen LogP contribution in [0, 0.1) is 17.3 Å². The molecule has 3 heterocycles. The molecule has 4 atom stereocenters. The number of carboxylic acid groups (broad SMARTS) is 1. The summed E-state index contributed by atoms with van der Waals surface area (Å²) in [4.78, 5) is 16.5. The maximum atomic E-state index is 12.3. The largest absolute Gasteiger partial charge is 0.465 e. The van der Waals surface area contributed by atoms with Crippen LogP contribution in [-0.2, 0) is 9.47 Å². The van der Waals surface area contributed by atoms with Gasteiger partial charge in [0.2, 0.25) is 0 Å². The van der Waals surface area contributed by atoms with Crippen molar-refractivity contribution in [1.29, 1.82) is 0 Å². The average Bonchev–Trinajstić information content (AvgIpc) is 3.50. The van der Waals surface area contributed by atoms with E-state index in [4.69, 9.17) is 14.6 Å². The van der Waals surface area contributed by atoms with Gasteiger partial charge in [0, 0.05) is 64.3 Å². The highest BCUT2D eigenvalue weighted by Gasteiger charge is 2.59. The number of nitrogens with zero attached hydrogens (tertiary/aromatic N) is 3. The van der Waals surface area contributed by atoms with E-state index in [0.29, 0.717) is 37.1 Å². The average molecular weight is 542 g/mol. The van der Waals surface area contributed by atoms with Crippen LogP contribution in [0.25, 0.3) is 0 Å². The molecule has 1 amide bonds. The second-order valence-electron chi connectivity index (χ2n) is 12.9. The van der Waals surface area contributed by atoms with Crippen molar-refractivity contribution in [2.24, 2.45) is 17.3 Å². The number of ether oxygens (including phenoxy) is 2. The minimum atomic E-state index is -2.24. The molecule has 2 saturated carbocycles. The summed E-state index contributed by atoms with van der Waals surface area (Å²) in [5.74, 6) is 1.25. The third-order valence-corrected chi connectivity index (χ3v) is 9.60. The van der Waals surface area contributed by atoms with Crippen LogP contribution in [-0.4, -0.2) is 110 Å². The summed E-state index contributed by atoms with van der Waals surface area (Å²) in [5, 5.41) is 8.86. The number of halogens is 2. The Morgan fingerprint density at radius 1 is 1.11 bits per heavy atom. The van der Waals surface area contributed by atoms with Gasteiger partial charge in [0.1, 0.15) is 0 Å². The first-order valence-electron chi connectivity index (χ1n) is 14.6. The summed E-state index contributed by atoms with van der Waals surface area (Å²) in [6, 6.07) is 0. The molecule has 0 aromatic carbocycles. The Bertz CT molecular complexity index is 817. The molecule has 38 heavy (non-hydrogen) atoms. The lowest BCUT2D eigenvalue weighted by Crippen LogP contribution is -2.64. The molecule has 7 nitrogen and oxygen atoms in total. The fourth-order valence-electron chi connectivity index (χ4n) is 7.42. The van der Waals surface area contributed by atoms with E-state index in [1.54, 1.807) is 0 Å². The van der Waals surface area contributed by atoms with E-state index in [1.807, 2.05) is 12.0 Å². The number of hydrogen-bond acceptors (Lipinski definition) is 5. The molecule has 0 bridgehead atoms. The number of likely N-dealkylation sites (tertiary alicyclic amines) is 1. The lowest BCUT2D eigenvalue weighted by atomic mass is 9.57. The molecule has 4 unspecified atom stereocenters. The van der Waals surface area contributed by atoms with Crippen LogP contribution in [0.4, 0.5) is 13.6 Å². The summed E-state index contributed by atoms with van der Waals surface area (Å²) in [6.07, 6.45) is 8.48. The molecule has 3 saturated heterocycles. The van der Waals surface area contributed by atoms with E-state index in [2.05, 4.69) is 31.7 Å². The van der Waals surface area contributed by atoms with Crippen molar-refractivity contribution in [2.45, 2.75) is 90.0 Å². The van der Waals surface area contributed by atoms with Gasteiger partial charge in [-0.05, 0) is 58.8 Å². The number of epoxide rings is 1. The smallest absolute Gasteiger partial charge is 0.407 e. The lowest BCUT2D eigenvalue weighted by molar-refractivity contribution is -0.0889. The molecule has 5 fully saturated rings. The van der Waals surface area contributed by atoms with Crippen LogP contribution in [0.1, 0.15) is 65.7 Å². The number of amides is 1. The summed E-state index contributed by atoms with van der Waals surface area (Å²) < 4.78 is 36.3. The van der Waals surface area contributed by atoms with Gasteiger partial charge >= 0.3 is 6.09 Å². The first kappa shape index (κ1) is 29.7. The maximum Gasteiger partial charge on any atom is 0.407 e. The summed E-state index contributed by atoms with van der Waals surface area (Å²) in [7, 11) is 1.85. The van der Waals surface area contributed by atoms with Gasteiger partial charge in [0.25, 0.3) is 6.43 Å². The van der Waals surface area contributed by atoms with E-state index in [9.17, 15) is 13.6 Å². The standard InChI is InChI=1S/C15H26O2.C14H23F2N3O2/c1-11(2)9-10-14-15(3,17-14)12-7-5-6-8-13(12)16-4;15-12(16)8-18-3-1-17(2-4-18)7-11-5-14(6-11)9-19(10-14)13(20)21/h9,12-14H,5-8,10H2,1-4H3;11-12H,1-10H2,(H,20,21). The van der Waals surface area contributed by atoms with E-state index in [0.717, 1.165) is 52.0 Å². The Kier molecular flexibility index (Phi) is 9.75. The Hall–Kier alpha value is -1.29. The normalized spacial score (nSPS) is 33.2. The molecule has 2 aliphatic carbocycles. The monoisotopic (exact) mass is 541 g/mol. The zero-order valence-corrected chi connectivity index (χ0v) is 23.8. The SMILES string of the molecule is COC1CCCCC1C1(C)OC1CC=C(C)C.O=C(O)N1CC2(CC(CN3CCN(CC(F)F)CC3)C2)C1. The Labute approximate surface area is 227 Å². The zero-order valence-electron chi connectivity index (χ0n) is 23.8. The Morgan fingerprint density at radius 3 is 2.32 bits per heavy atom. The van der Waals surface area contributed by atoms with E-state index in [1.165, 1.54) is 36.2 Å². The summed E-state index contributed by atoms with van der Waals surface area (Å²) in [6.45, 7) is 12.1. The third kappa shape index (κ3) is 7.26. The fraction of sp³-hybridized carbons (Fsp3) is 0.897.